The molecular weight excluding hydrogens is 320 g/mol. The standard InChI is InChI=1S/C18H22N4O3/c1-24-15-4-2-14(3-5-15)6-8-21-18(23)22-11-7-16(13-22)25-17-12-19-9-10-20-17/h2-5,9-10,12,16H,6-8,11,13H2,1H3,(H,21,23)/t16-/m0/s1. The quantitative estimate of drug-likeness (QED) is 0.867. The first-order valence-corrected chi connectivity index (χ1v) is 8.33. The van der Waals surface area contributed by atoms with Crippen LogP contribution in [-0.4, -0.2) is 53.7 Å². The molecule has 3 rings (SSSR count). The zero-order valence-corrected chi connectivity index (χ0v) is 14.2. The molecule has 0 bridgehead atoms. The van der Waals surface area contributed by atoms with Gasteiger partial charge in [-0.05, 0) is 24.1 Å². The first-order valence-electron chi connectivity index (χ1n) is 8.33. The monoisotopic (exact) mass is 342 g/mol. The molecule has 1 fully saturated rings. The van der Waals surface area contributed by atoms with Gasteiger partial charge in [0.15, 0.2) is 0 Å². The van der Waals surface area contributed by atoms with Crippen molar-refractivity contribution in [3.8, 4) is 11.6 Å². The molecule has 132 valence electrons. The van der Waals surface area contributed by atoms with Gasteiger partial charge in [-0.1, -0.05) is 12.1 Å². The molecule has 2 amide bonds. The van der Waals surface area contributed by atoms with Crippen LogP contribution in [0.5, 0.6) is 11.6 Å². The molecule has 1 aliphatic rings. The lowest BCUT2D eigenvalue weighted by Crippen LogP contribution is -2.40. The molecule has 25 heavy (non-hydrogen) atoms. The lowest BCUT2D eigenvalue weighted by Gasteiger charge is -2.17. The average molecular weight is 342 g/mol. The molecule has 0 saturated carbocycles. The third-order valence-electron chi connectivity index (χ3n) is 4.11. The highest BCUT2D eigenvalue weighted by molar-refractivity contribution is 5.74. The van der Waals surface area contributed by atoms with Crippen LogP contribution in [0.25, 0.3) is 0 Å². The Morgan fingerprint density at radius 3 is 2.88 bits per heavy atom. The summed E-state index contributed by atoms with van der Waals surface area (Å²) in [7, 11) is 1.65. The van der Waals surface area contributed by atoms with Gasteiger partial charge in [-0.25, -0.2) is 9.78 Å². The SMILES string of the molecule is COc1ccc(CCNC(=O)N2CC[C@H](Oc3cnccn3)C2)cc1. The number of benzene rings is 1. The van der Waals surface area contributed by atoms with Crippen molar-refractivity contribution in [3.05, 3.63) is 48.4 Å². The van der Waals surface area contributed by atoms with Crippen molar-refractivity contribution < 1.29 is 14.3 Å². The summed E-state index contributed by atoms with van der Waals surface area (Å²) in [4.78, 5) is 22.1. The number of urea groups is 1. The molecule has 7 nitrogen and oxygen atoms in total. The van der Waals surface area contributed by atoms with Gasteiger partial charge in [-0.3, -0.25) is 4.98 Å². The minimum Gasteiger partial charge on any atom is -0.497 e. The van der Waals surface area contributed by atoms with E-state index in [1.54, 1.807) is 30.6 Å². The van der Waals surface area contributed by atoms with E-state index >= 15 is 0 Å². The van der Waals surface area contributed by atoms with E-state index in [9.17, 15) is 4.79 Å². The Labute approximate surface area is 147 Å². The molecule has 1 aromatic heterocycles. The number of ether oxygens (including phenoxy) is 2. The fourth-order valence-corrected chi connectivity index (χ4v) is 2.74. The second-order valence-electron chi connectivity index (χ2n) is 5.85. The number of nitrogens with one attached hydrogen (secondary N) is 1. The summed E-state index contributed by atoms with van der Waals surface area (Å²) in [5, 5.41) is 2.96. The number of amides is 2. The average Bonchev–Trinajstić information content (AvgIpc) is 3.12. The second kappa shape index (κ2) is 8.32. The molecule has 1 aromatic carbocycles. The number of aromatic nitrogens is 2. The second-order valence-corrected chi connectivity index (χ2v) is 5.85. The van der Waals surface area contributed by atoms with E-state index in [0.717, 1.165) is 24.2 Å². The van der Waals surface area contributed by atoms with Gasteiger partial charge in [0.05, 0.1) is 19.9 Å². The summed E-state index contributed by atoms with van der Waals surface area (Å²) in [6.07, 6.45) is 6.31. The van der Waals surface area contributed by atoms with Crippen LogP contribution < -0.4 is 14.8 Å². The van der Waals surface area contributed by atoms with E-state index < -0.39 is 0 Å². The van der Waals surface area contributed by atoms with Crippen molar-refractivity contribution in [2.75, 3.05) is 26.7 Å². The van der Waals surface area contributed by atoms with Gasteiger partial charge in [-0.2, -0.15) is 0 Å². The zero-order valence-electron chi connectivity index (χ0n) is 14.2. The van der Waals surface area contributed by atoms with Crippen LogP contribution in [0.1, 0.15) is 12.0 Å². The number of carbonyl (C=O) groups excluding carboxylic acids is 1. The Balaban J connectivity index is 1.40. The highest BCUT2D eigenvalue weighted by Crippen LogP contribution is 2.15. The predicted octanol–water partition coefficient (Wildman–Crippen LogP) is 1.89. The van der Waals surface area contributed by atoms with Gasteiger partial charge in [0.25, 0.3) is 0 Å². The van der Waals surface area contributed by atoms with E-state index in [0.29, 0.717) is 25.5 Å². The maximum atomic E-state index is 12.2. The molecule has 0 unspecified atom stereocenters. The fraction of sp³-hybridized carbons (Fsp3) is 0.389. The maximum Gasteiger partial charge on any atom is 0.317 e. The van der Waals surface area contributed by atoms with Crippen LogP contribution >= 0.6 is 0 Å². The Kier molecular flexibility index (Phi) is 5.66. The highest BCUT2D eigenvalue weighted by atomic mass is 16.5. The molecule has 1 atom stereocenters. The van der Waals surface area contributed by atoms with Crippen molar-refractivity contribution in [2.24, 2.45) is 0 Å². The predicted molar refractivity (Wildman–Crippen MR) is 92.7 cm³/mol. The lowest BCUT2D eigenvalue weighted by atomic mass is 10.1. The van der Waals surface area contributed by atoms with Crippen molar-refractivity contribution in [3.63, 3.8) is 0 Å². The largest absolute Gasteiger partial charge is 0.497 e. The Hall–Kier alpha value is -2.83. The van der Waals surface area contributed by atoms with Gasteiger partial charge in [0.2, 0.25) is 5.88 Å². The molecular formula is C18H22N4O3. The number of hydrogen-bond acceptors (Lipinski definition) is 5. The van der Waals surface area contributed by atoms with Crippen molar-refractivity contribution in [1.29, 1.82) is 0 Å². The normalized spacial score (nSPS) is 16.5. The van der Waals surface area contributed by atoms with E-state index in [1.165, 1.54) is 0 Å². The lowest BCUT2D eigenvalue weighted by molar-refractivity contribution is 0.183. The van der Waals surface area contributed by atoms with Gasteiger partial charge in [0.1, 0.15) is 11.9 Å². The minimum absolute atomic E-state index is 0.0379. The number of methoxy groups -OCH3 is 1. The van der Waals surface area contributed by atoms with Crippen LogP contribution in [0.2, 0.25) is 0 Å². The van der Waals surface area contributed by atoms with Crippen molar-refractivity contribution in [1.82, 2.24) is 20.2 Å². The van der Waals surface area contributed by atoms with E-state index in [1.807, 2.05) is 24.3 Å². The highest BCUT2D eigenvalue weighted by Gasteiger charge is 2.27. The molecule has 2 heterocycles. The summed E-state index contributed by atoms with van der Waals surface area (Å²) < 4.78 is 10.9. The summed E-state index contributed by atoms with van der Waals surface area (Å²) in [5.41, 5.74) is 1.16. The van der Waals surface area contributed by atoms with Crippen molar-refractivity contribution >= 4 is 6.03 Å². The van der Waals surface area contributed by atoms with E-state index in [2.05, 4.69) is 15.3 Å². The molecule has 1 aliphatic heterocycles. The number of hydrogen-bond donors (Lipinski definition) is 1. The van der Waals surface area contributed by atoms with Crippen LogP contribution in [0.3, 0.4) is 0 Å². The van der Waals surface area contributed by atoms with Crippen LogP contribution in [-0.2, 0) is 6.42 Å². The third-order valence-corrected chi connectivity index (χ3v) is 4.11. The molecule has 0 aliphatic carbocycles. The van der Waals surface area contributed by atoms with Gasteiger partial charge < -0.3 is 19.7 Å². The maximum absolute atomic E-state index is 12.2. The summed E-state index contributed by atoms with van der Waals surface area (Å²) in [5.74, 6) is 1.33. The Bertz CT molecular complexity index is 678. The number of rotatable bonds is 6. The number of likely N-dealkylation sites (tertiary alicyclic amines) is 1. The van der Waals surface area contributed by atoms with Crippen LogP contribution in [0.15, 0.2) is 42.9 Å². The van der Waals surface area contributed by atoms with Crippen molar-refractivity contribution in [2.45, 2.75) is 18.9 Å². The van der Waals surface area contributed by atoms with Gasteiger partial charge >= 0.3 is 6.03 Å². The molecule has 7 heteroatoms. The van der Waals surface area contributed by atoms with Crippen LogP contribution in [0.4, 0.5) is 4.79 Å². The van der Waals surface area contributed by atoms with E-state index in [4.69, 9.17) is 9.47 Å². The number of nitrogens with zero attached hydrogens (tertiary/aromatic N) is 3. The van der Waals surface area contributed by atoms with Gasteiger partial charge in [0, 0.05) is 31.9 Å². The number of carbonyl (C=O) groups is 1. The zero-order chi connectivity index (χ0) is 17.5. The molecule has 1 N–H and O–H groups in total. The smallest absolute Gasteiger partial charge is 0.317 e. The fourth-order valence-electron chi connectivity index (χ4n) is 2.74. The minimum atomic E-state index is -0.0567. The van der Waals surface area contributed by atoms with E-state index in [-0.39, 0.29) is 12.1 Å². The van der Waals surface area contributed by atoms with Gasteiger partial charge in [-0.15, -0.1) is 0 Å². The molecule has 0 spiro atoms. The first kappa shape index (κ1) is 17.0. The molecule has 0 radical (unpaired) electrons. The third kappa shape index (κ3) is 4.82. The Morgan fingerprint density at radius 2 is 2.16 bits per heavy atom. The first-order chi connectivity index (χ1) is 12.2. The van der Waals surface area contributed by atoms with Crippen LogP contribution in [0, 0.1) is 0 Å². The summed E-state index contributed by atoms with van der Waals surface area (Å²) in [6, 6.07) is 7.80. The summed E-state index contributed by atoms with van der Waals surface area (Å²) in [6.45, 7) is 1.83. The molecule has 1 saturated heterocycles. The topological polar surface area (TPSA) is 76.6 Å². The molecule has 2 aromatic rings. The summed E-state index contributed by atoms with van der Waals surface area (Å²) >= 11 is 0. The Morgan fingerprint density at radius 1 is 1.32 bits per heavy atom.